The fraction of sp³-hybridized carbons (Fsp3) is 0.500. The summed E-state index contributed by atoms with van der Waals surface area (Å²) in [6.07, 6.45) is 1.06. The minimum atomic E-state index is -0.257. The van der Waals surface area contributed by atoms with Gasteiger partial charge in [0.25, 0.3) is 0 Å². The van der Waals surface area contributed by atoms with Crippen molar-refractivity contribution in [2.45, 2.75) is 32.2 Å². The molecule has 0 saturated carbocycles. The van der Waals surface area contributed by atoms with E-state index in [1.165, 1.54) is 12.1 Å². The summed E-state index contributed by atoms with van der Waals surface area (Å²) in [6, 6.07) is 5.06. The predicted octanol–water partition coefficient (Wildman–Crippen LogP) is 4.62. The highest BCUT2D eigenvalue weighted by Gasteiger charge is 2.15. The molecule has 19 heavy (non-hydrogen) atoms. The van der Waals surface area contributed by atoms with Crippen LogP contribution in [-0.2, 0) is 5.88 Å². The Balaban J connectivity index is 2.34. The molecule has 0 bridgehead atoms. The molecule has 0 N–H and O–H groups in total. The number of imidazole rings is 1. The van der Waals surface area contributed by atoms with Crippen LogP contribution in [0.5, 0.6) is 0 Å². The molecule has 1 atom stereocenters. The van der Waals surface area contributed by atoms with Gasteiger partial charge in [-0.2, -0.15) is 11.8 Å². The van der Waals surface area contributed by atoms with Crippen LogP contribution in [0.1, 0.15) is 32.1 Å². The van der Waals surface area contributed by atoms with Crippen LogP contribution in [-0.4, -0.2) is 21.1 Å². The maximum atomic E-state index is 13.2. The molecule has 1 aromatic carbocycles. The summed E-state index contributed by atoms with van der Waals surface area (Å²) >= 11 is 7.89. The molecule has 0 saturated heterocycles. The lowest BCUT2D eigenvalue weighted by Gasteiger charge is -2.16. The first-order valence-corrected chi connectivity index (χ1v) is 8.16. The summed E-state index contributed by atoms with van der Waals surface area (Å²) in [7, 11) is 0. The van der Waals surface area contributed by atoms with Gasteiger partial charge in [-0.3, -0.25) is 0 Å². The minimum Gasteiger partial charge on any atom is -0.324 e. The van der Waals surface area contributed by atoms with Crippen molar-refractivity contribution >= 4 is 34.4 Å². The predicted molar refractivity (Wildman–Crippen MR) is 81.6 cm³/mol. The first-order chi connectivity index (χ1) is 9.17. The summed E-state index contributed by atoms with van der Waals surface area (Å²) < 4.78 is 15.4. The van der Waals surface area contributed by atoms with E-state index in [9.17, 15) is 4.39 Å². The van der Waals surface area contributed by atoms with Crippen LogP contribution in [0.2, 0.25) is 0 Å². The molecule has 0 fully saturated rings. The van der Waals surface area contributed by atoms with Crippen molar-refractivity contribution in [2.75, 3.05) is 11.5 Å². The molecule has 1 aromatic heterocycles. The smallest absolute Gasteiger partial charge is 0.125 e. The van der Waals surface area contributed by atoms with Crippen molar-refractivity contribution in [2.24, 2.45) is 0 Å². The van der Waals surface area contributed by atoms with Gasteiger partial charge in [-0.15, -0.1) is 11.6 Å². The molecule has 1 heterocycles. The standard InChI is InChI=1S/C14H18ClFN2S/c1-3-19-7-6-10(2)18-13-5-4-11(16)8-12(13)17-14(18)9-15/h4-5,8,10H,3,6-7,9H2,1-2H3. The van der Waals surface area contributed by atoms with Crippen molar-refractivity contribution in [3.05, 3.63) is 29.8 Å². The first kappa shape index (κ1) is 14.7. The van der Waals surface area contributed by atoms with Crippen LogP contribution in [0.15, 0.2) is 18.2 Å². The second-order valence-corrected chi connectivity index (χ2v) is 6.16. The third-order valence-electron chi connectivity index (χ3n) is 3.17. The van der Waals surface area contributed by atoms with Gasteiger partial charge in [0.15, 0.2) is 0 Å². The average molecular weight is 301 g/mol. The average Bonchev–Trinajstić information content (AvgIpc) is 2.76. The van der Waals surface area contributed by atoms with Crippen LogP contribution in [0.4, 0.5) is 4.39 Å². The largest absolute Gasteiger partial charge is 0.324 e. The maximum Gasteiger partial charge on any atom is 0.125 e. The number of alkyl halides is 1. The number of thioether (sulfide) groups is 1. The molecule has 0 aliphatic rings. The normalized spacial score (nSPS) is 13.1. The molecule has 1 unspecified atom stereocenters. The zero-order valence-electron chi connectivity index (χ0n) is 11.2. The summed E-state index contributed by atoms with van der Waals surface area (Å²) in [5.41, 5.74) is 1.65. The molecule has 0 amide bonds. The van der Waals surface area contributed by atoms with Gasteiger partial charge in [0.2, 0.25) is 0 Å². The van der Waals surface area contributed by atoms with Gasteiger partial charge in [-0.05, 0) is 37.0 Å². The third-order valence-corrected chi connectivity index (χ3v) is 4.34. The number of fused-ring (bicyclic) bond motifs is 1. The number of rotatable bonds is 6. The van der Waals surface area contributed by atoms with Crippen LogP contribution < -0.4 is 0 Å². The highest BCUT2D eigenvalue weighted by Crippen LogP contribution is 2.25. The third kappa shape index (κ3) is 3.23. The Kier molecular flexibility index (Phi) is 5.11. The Morgan fingerprint density at radius 2 is 2.26 bits per heavy atom. The molecule has 0 spiro atoms. The second kappa shape index (κ2) is 6.62. The number of nitrogens with zero attached hydrogens (tertiary/aromatic N) is 2. The number of hydrogen-bond acceptors (Lipinski definition) is 2. The van der Waals surface area contributed by atoms with Crippen molar-refractivity contribution in [1.29, 1.82) is 0 Å². The number of aromatic nitrogens is 2. The molecule has 0 aliphatic heterocycles. The second-order valence-electron chi connectivity index (χ2n) is 4.50. The van der Waals surface area contributed by atoms with Gasteiger partial charge >= 0.3 is 0 Å². The van der Waals surface area contributed by atoms with Crippen LogP contribution >= 0.6 is 23.4 Å². The molecule has 0 radical (unpaired) electrons. The molecule has 5 heteroatoms. The van der Waals surface area contributed by atoms with Crippen molar-refractivity contribution in [3.63, 3.8) is 0 Å². The Hall–Kier alpha value is -0.740. The SMILES string of the molecule is CCSCCC(C)n1c(CCl)nc2cc(F)ccc21. The maximum absolute atomic E-state index is 13.2. The van der Waals surface area contributed by atoms with Crippen molar-refractivity contribution in [1.82, 2.24) is 9.55 Å². The highest BCUT2D eigenvalue weighted by atomic mass is 35.5. The lowest BCUT2D eigenvalue weighted by atomic mass is 10.2. The first-order valence-electron chi connectivity index (χ1n) is 6.47. The van der Waals surface area contributed by atoms with E-state index in [1.54, 1.807) is 6.07 Å². The Bertz CT molecular complexity index is 556. The lowest BCUT2D eigenvalue weighted by molar-refractivity contribution is 0.533. The Morgan fingerprint density at radius 1 is 1.47 bits per heavy atom. The van der Waals surface area contributed by atoms with E-state index in [2.05, 4.69) is 23.4 Å². The summed E-state index contributed by atoms with van der Waals surface area (Å²) in [5.74, 6) is 3.15. The van der Waals surface area contributed by atoms with Gasteiger partial charge in [0.05, 0.1) is 16.9 Å². The molecule has 0 aliphatic carbocycles. The van der Waals surface area contributed by atoms with E-state index >= 15 is 0 Å². The van der Waals surface area contributed by atoms with E-state index in [1.807, 2.05) is 11.8 Å². The highest BCUT2D eigenvalue weighted by molar-refractivity contribution is 7.99. The van der Waals surface area contributed by atoms with Crippen molar-refractivity contribution in [3.8, 4) is 0 Å². The quantitative estimate of drug-likeness (QED) is 0.572. The molecular formula is C14H18ClFN2S. The van der Waals surface area contributed by atoms with Gasteiger partial charge in [-0.1, -0.05) is 6.92 Å². The zero-order chi connectivity index (χ0) is 13.8. The summed E-state index contributed by atoms with van der Waals surface area (Å²) in [4.78, 5) is 4.43. The van der Waals surface area contributed by atoms with E-state index in [-0.39, 0.29) is 5.82 Å². The molecule has 2 rings (SSSR count). The zero-order valence-corrected chi connectivity index (χ0v) is 12.8. The van der Waals surface area contributed by atoms with E-state index in [0.29, 0.717) is 17.4 Å². The van der Waals surface area contributed by atoms with Crippen molar-refractivity contribution < 1.29 is 4.39 Å². The molecular weight excluding hydrogens is 283 g/mol. The monoisotopic (exact) mass is 300 g/mol. The number of benzene rings is 1. The Morgan fingerprint density at radius 3 is 2.95 bits per heavy atom. The molecule has 2 nitrogen and oxygen atoms in total. The fourth-order valence-corrected chi connectivity index (χ4v) is 3.22. The topological polar surface area (TPSA) is 17.8 Å². The lowest BCUT2D eigenvalue weighted by Crippen LogP contribution is -2.09. The van der Waals surface area contributed by atoms with Crippen LogP contribution in [0.25, 0.3) is 11.0 Å². The van der Waals surface area contributed by atoms with Gasteiger partial charge in [0.1, 0.15) is 11.6 Å². The fourth-order valence-electron chi connectivity index (χ4n) is 2.24. The summed E-state index contributed by atoms with van der Waals surface area (Å²) in [5, 5.41) is 0. The van der Waals surface area contributed by atoms with E-state index < -0.39 is 0 Å². The van der Waals surface area contributed by atoms with Gasteiger partial charge in [-0.25, -0.2) is 9.37 Å². The molecule has 104 valence electrons. The van der Waals surface area contributed by atoms with E-state index in [0.717, 1.165) is 29.3 Å². The van der Waals surface area contributed by atoms with E-state index in [4.69, 9.17) is 11.6 Å². The minimum absolute atomic E-state index is 0.257. The Labute approximate surface area is 122 Å². The summed E-state index contributed by atoms with van der Waals surface area (Å²) in [6.45, 7) is 4.33. The molecule has 2 aromatic rings. The van der Waals surface area contributed by atoms with Gasteiger partial charge in [0, 0.05) is 12.1 Å². The number of halogens is 2. The number of hydrogen-bond donors (Lipinski definition) is 0. The van der Waals surface area contributed by atoms with Gasteiger partial charge < -0.3 is 4.57 Å². The van der Waals surface area contributed by atoms with Crippen LogP contribution in [0.3, 0.4) is 0 Å². The van der Waals surface area contributed by atoms with Crippen LogP contribution in [0, 0.1) is 5.82 Å².